The first kappa shape index (κ1) is 16.1. The second-order valence-electron chi connectivity index (χ2n) is 6.46. The van der Waals surface area contributed by atoms with Crippen molar-refractivity contribution < 1.29 is 0 Å². The zero-order valence-electron chi connectivity index (χ0n) is 13.3. The van der Waals surface area contributed by atoms with E-state index in [1.165, 1.54) is 16.8 Å². The van der Waals surface area contributed by atoms with Gasteiger partial charge in [0, 0.05) is 10.2 Å². The van der Waals surface area contributed by atoms with Crippen molar-refractivity contribution in [2.45, 2.75) is 45.6 Å². The van der Waals surface area contributed by atoms with E-state index in [2.05, 4.69) is 97.5 Å². The number of benzene rings is 2. The SMILES string of the molecule is CCC(Nc1ccccc1C(C)(C)C)c1cccc(Br)c1. The number of hydrogen-bond acceptors (Lipinski definition) is 1. The fourth-order valence-electron chi connectivity index (χ4n) is 2.60. The van der Waals surface area contributed by atoms with Crippen molar-refractivity contribution >= 4 is 21.6 Å². The van der Waals surface area contributed by atoms with Crippen LogP contribution in [0.2, 0.25) is 0 Å². The third-order valence-corrected chi connectivity index (χ3v) is 4.22. The maximum atomic E-state index is 3.73. The van der Waals surface area contributed by atoms with Gasteiger partial charge in [-0.25, -0.2) is 0 Å². The Hall–Kier alpha value is -1.28. The van der Waals surface area contributed by atoms with Crippen molar-refractivity contribution in [2.24, 2.45) is 0 Å². The fraction of sp³-hybridized carbons (Fsp3) is 0.368. The van der Waals surface area contributed by atoms with E-state index in [-0.39, 0.29) is 5.41 Å². The van der Waals surface area contributed by atoms with Crippen LogP contribution in [0.4, 0.5) is 5.69 Å². The molecule has 0 bridgehead atoms. The van der Waals surface area contributed by atoms with Crippen LogP contribution < -0.4 is 5.32 Å². The van der Waals surface area contributed by atoms with Crippen LogP contribution in [0.3, 0.4) is 0 Å². The molecule has 0 spiro atoms. The smallest absolute Gasteiger partial charge is 0.0511 e. The minimum absolute atomic E-state index is 0.138. The molecule has 0 fully saturated rings. The lowest BCUT2D eigenvalue weighted by Crippen LogP contribution is -2.17. The van der Waals surface area contributed by atoms with Gasteiger partial charge in [0.25, 0.3) is 0 Å². The van der Waals surface area contributed by atoms with Crippen LogP contribution in [0.15, 0.2) is 53.0 Å². The molecule has 0 amide bonds. The van der Waals surface area contributed by atoms with Crippen molar-refractivity contribution in [1.29, 1.82) is 0 Å². The minimum atomic E-state index is 0.138. The van der Waals surface area contributed by atoms with Crippen molar-refractivity contribution in [1.82, 2.24) is 0 Å². The van der Waals surface area contributed by atoms with Crippen LogP contribution in [-0.4, -0.2) is 0 Å². The zero-order chi connectivity index (χ0) is 15.5. The number of anilines is 1. The molecule has 0 aliphatic carbocycles. The monoisotopic (exact) mass is 345 g/mol. The number of rotatable bonds is 4. The molecule has 21 heavy (non-hydrogen) atoms. The quantitative estimate of drug-likeness (QED) is 0.684. The van der Waals surface area contributed by atoms with Crippen LogP contribution in [-0.2, 0) is 5.41 Å². The molecule has 0 aromatic heterocycles. The Bertz CT molecular complexity index is 599. The summed E-state index contributed by atoms with van der Waals surface area (Å²) in [5.41, 5.74) is 4.05. The summed E-state index contributed by atoms with van der Waals surface area (Å²) in [6, 6.07) is 17.5. The van der Waals surface area contributed by atoms with Gasteiger partial charge in [-0.1, -0.05) is 74.0 Å². The van der Waals surface area contributed by atoms with E-state index in [1.807, 2.05) is 0 Å². The summed E-state index contributed by atoms with van der Waals surface area (Å²) in [4.78, 5) is 0. The number of halogens is 1. The number of hydrogen-bond donors (Lipinski definition) is 1. The van der Waals surface area contributed by atoms with Crippen LogP contribution in [0.1, 0.15) is 51.3 Å². The van der Waals surface area contributed by atoms with Gasteiger partial charge in [0.05, 0.1) is 6.04 Å². The molecule has 0 radical (unpaired) electrons. The topological polar surface area (TPSA) is 12.0 Å². The van der Waals surface area contributed by atoms with E-state index in [4.69, 9.17) is 0 Å². The summed E-state index contributed by atoms with van der Waals surface area (Å²) < 4.78 is 1.13. The molecule has 2 rings (SSSR count). The summed E-state index contributed by atoms with van der Waals surface area (Å²) in [6.07, 6.45) is 1.05. The first-order chi connectivity index (χ1) is 9.91. The third kappa shape index (κ3) is 4.10. The molecular weight excluding hydrogens is 322 g/mol. The molecule has 1 N–H and O–H groups in total. The molecule has 0 saturated carbocycles. The van der Waals surface area contributed by atoms with Crippen LogP contribution >= 0.6 is 15.9 Å². The average Bonchev–Trinajstić information content (AvgIpc) is 2.44. The van der Waals surface area contributed by atoms with Gasteiger partial charge < -0.3 is 5.32 Å². The molecule has 2 aromatic rings. The van der Waals surface area contributed by atoms with E-state index < -0.39 is 0 Å². The zero-order valence-corrected chi connectivity index (χ0v) is 14.9. The highest BCUT2D eigenvalue weighted by atomic mass is 79.9. The van der Waals surface area contributed by atoms with E-state index in [0.29, 0.717) is 6.04 Å². The van der Waals surface area contributed by atoms with E-state index in [0.717, 1.165) is 10.9 Å². The van der Waals surface area contributed by atoms with Crippen molar-refractivity contribution in [2.75, 3.05) is 5.32 Å². The Morgan fingerprint density at radius 1 is 1.05 bits per heavy atom. The Balaban J connectivity index is 2.32. The van der Waals surface area contributed by atoms with Gasteiger partial charge in [0.15, 0.2) is 0 Å². The highest BCUT2D eigenvalue weighted by molar-refractivity contribution is 9.10. The maximum Gasteiger partial charge on any atom is 0.0511 e. The third-order valence-electron chi connectivity index (χ3n) is 3.72. The first-order valence-electron chi connectivity index (χ1n) is 7.53. The van der Waals surface area contributed by atoms with Gasteiger partial charge in [-0.15, -0.1) is 0 Å². The van der Waals surface area contributed by atoms with E-state index >= 15 is 0 Å². The largest absolute Gasteiger partial charge is 0.378 e. The molecule has 0 aliphatic rings. The molecule has 0 heterocycles. The fourth-order valence-corrected chi connectivity index (χ4v) is 3.01. The standard InChI is InChI=1S/C19H24BrN/c1-5-17(14-9-8-10-15(20)13-14)21-18-12-7-6-11-16(18)19(2,3)4/h6-13,17,21H,5H2,1-4H3. The van der Waals surface area contributed by atoms with Crippen LogP contribution in [0.5, 0.6) is 0 Å². The molecule has 1 unspecified atom stereocenters. The molecule has 1 nitrogen and oxygen atoms in total. The molecular formula is C19H24BrN. The lowest BCUT2D eigenvalue weighted by atomic mass is 9.85. The number of nitrogens with one attached hydrogen (secondary N) is 1. The Kier molecular flexibility index (Phi) is 5.10. The average molecular weight is 346 g/mol. The van der Waals surface area contributed by atoms with E-state index in [9.17, 15) is 0 Å². The summed E-state index contributed by atoms with van der Waals surface area (Å²) in [5.74, 6) is 0. The normalized spacial score (nSPS) is 13.0. The molecule has 0 aliphatic heterocycles. The lowest BCUT2D eigenvalue weighted by Gasteiger charge is -2.27. The summed E-state index contributed by atoms with van der Waals surface area (Å²) in [6.45, 7) is 8.99. The molecule has 0 saturated heterocycles. The second-order valence-corrected chi connectivity index (χ2v) is 7.37. The van der Waals surface area contributed by atoms with Gasteiger partial charge in [-0.3, -0.25) is 0 Å². The van der Waals surface area contributed by atoms with Crippen molar-refractivity contribution in [3.63, 3.8) is 0 Å². The van der Waals surface area contributed by atoms with Gasteiger partial charge in [0.2, 0.25) is 0 Å². The maximum absolute atomic E-state index is 3.73. The minimum Gasteiger partial charge on any atom is -0.378 e. The summed E-state index contributed by atoms with van der Waals surface area (Å²) >= 11 is 3.56. The van der Waals surface area contributed by atoms with Crippen LogP contribution in [0, 0.1) is 0 Å². The van der Waals surface area contributed by atoms with Crippen molar-refractivity contribution in [3.8, 4) is 0 Å². The van der Waals surface area contributed by atoms with Gasteiger partial charge >= 0.3 is 0 Å². The van der Waals surface area contributed by atoms with Crippen molar-refractivity contribution in [3.05, 3.63) is 64.1 Å². The molecule has 1 atom stereocenters. The van der Waals surface area contributed by atoms with Crippen LogP contribution in [0.25, 0.3) is 0 Å². The van der Waals surface area contributed by atoms with Gasteiger partial charge in [-0.05, 0) is 41.2 Å². The molecule has 2 aromatic carbocycles. The van der Waals surface area contributed by atoms with E-state index in [1.54, 1.807) is 0 Å². The Labute approximate surface area is 136 Å². The summed E-state index contributed by atoms with van der Waals surface area (Å²) in [5, 5.41) is 3.73. The van der Waals surface area contributed by atoms with Gasteiger partial charge in [-0.2, -0.15) is 0 Å². The molecule has 112 valence electrons. The summed E-state index contributed by atoms with van der Waals surface area (Å²) in [7, 11) is 0. The van der Waals surface area contributed by atoms with Gasteiger partial charge in [0.1, 0.15) is 0 Å². The molecule has 2 heteroatoms. The predicted molar refractivity (Wildman–Crippen MR) is 95.9 cm³/mol. The highest BCUT2D eigenvalue weighted by Gasteiger charge is 2.19. The Morgan fingerprint density at radius 2 is 1.76 bits per heavy atom. The number of para-hydroxylation sites is 1. The predicted octanol–water partition coefficient (Wildman–Crippen LogP) is 6.31. The lowest BCUT2D eigenvalue weighted by molar-refractivity contribution is 0.589. The first-order valence-corrected chi connectivity index (χ1v) is 8.32. The Morgan fingerprint density at radius 3 is 2.38 bits per heavy atom. The highest BCUT2D eigenvalue weighted by Crippen LogP contribution is 2.32. The second kappa shape index (κ2) is 6.65.